The molecule has 0 saturated carbocycles. The van der Waals surface area contributed by atoms with E-state index in [1.807, 2.05) is 0 Å². The van der Waals surface area contributed by atoms with Gasteiger partial charge in [0.2, 0.25) is 0 Å². The Bertz CT molecular complexity index is 1370. The van der Waals surface area contributed by atoms with E-state index in [1.165, 1.54) is 0 Å². The Labute approximate surface area is 292 Å². The van der Waals surface area contributed by atoms with Crippen LogP contribution in [0.5, 0.6) is 0 Å². The normalized spacial score (nSPS) is 13.1. The monoisotopic (exact) mass is 790 g/mol. The van der Waals surface area contributed by atoms with Gasteiger partial charge in [-0.1, -0.05) is 39.0 Å². The third-order valence-electron chi connectivity index (χ3n) is 7.13. The van der Waals surface area contributed by atoms with Crippen LogP contribution in [0.1, 0.15) is 6.42 Å². The number of carbonyl (C=O) groups is 5. The van der Waals surface area contributed by atoms with Crippen LogP contribution in [-0.2, 0) is 47.7 Å². The molecule has 0 aliphatic rings. The SMILES string of the molecule is C=CCC(COC(=O)C=C)(COC(=O)C=C)C(F)(F)C(F)(F)C(F)(F)C(F)(F)C(F)(F)C(F)(F)C(COC(=O)C=C)(COC(=O)C=C)COC(=O)C=C. The number of rotatable bonds is 24. The van der Waals surface area contributed by atoms with Crippen molar-refractivity contribution in [3.8, 4) is 0 Å². The highest BCUT2D eigenvalue weighted by atomic mass is 19.4. The van der Waals surface area contributed by atoms with E-state index in [2.05, 4.69) is 63.2 Å². The fourth-order valence-corrected chi connectivity index (χ4v) is 3.94. The minimum atomic E-state index is -8.33. The van der Waals surface area contributed by atoms with Gasteiger partial charge in [-0.25, -0.2) is 24.0 Å². The Hall–Kier alpha value is -5.05. The molecule has 0 aliphatic heterocycles. The summed E-state index contributed by atoms with van der Waals surface area (Å²) in [6.45, 7) is 5.15. The Morgan fingerprint density at radius 1 is 0.358 bits per heavy atom. The number of allylic oxidation sites excluding steroid dienone is 1. The standard InChI is InChI=1S/C31H30F12O10/c1-7-13-24(14-49-19(44)8-2,15-50-20(45)9-3)26(32,33)28(36,37)30(40,41)31(42,43)29(38,39)27(34,35)25(16-51-21(46)10-4,17-52-22(47)11-5)18-53-23(48)12-6/h7-12H,1-6,13-18H2. The second-order valence-corrected chi connectivity index (χ2v) is 10.6. The molecule has 0 heterocycles. The van der Waals surface area contributed by atoms with Crippen molar-refractivity contribution in [2.24, 2.45) is 10.8 Å². The van der Waals surface area contributed by atoms with E-state index >= 15 is 52.7 Å². The summed E-state index contributed by atoms with van der Waals surface area (Å²) in [6, 6.07) is 0. The molecule has 0 N–H and O–H groups in total. The molecule has 0 aromatic heterocycles. The van der Waals surface area contributed by atoms with Crippen molar-refractivity contribution in [1.82, 2.24) is 0 Å². The number of alkyl halides is 12. The zero-order chi connectivity index (χ0) is 41.9. The van der Waals surface area contributed by atoms with Gasteiger partial charge in [-0.05, 0) is 6.42 Å². The van der Waals surface area contributed by atoms with E-state index in [9.17, 15) is 24.0 Å². The van der Waals surface area contributed by atoms with Gasteiger partial charge < -0.3 is 23.7 Å². The van der Waals surface area contributed by atoms with Crippen LogP contribution in [0.3, 0.4) is 0 Å². The molecule has 0 radical (unpaired) electrons. The molecule has 0 bridgehead atoms. The third-order valence-corrected chi connectivity index (χ3v) is 7.13. The third kappa shape index (κ3) is 9.13. The van der Waals surface area contributed by atoms with Crippen molar-refractivity contribution in [3.63, 3.8) is 0 Å². The minimum absolute atomic E-state index is 0.145. The van der Waals surface area contributed by atoms with Crippen LogP contribution in [-0.4, -0.2) is 98.4 Å². The molecule has 0 fully saturated rings. The minimum Gasteiger partial charge on any atom is -0.462 e. The van der Waals surface area contributed by atoms with Crippen molar-refractivity contribution < 1.29 is 100 Å². The smallest absolute Gasteiger partial charge is 0.384 e. The highest BCUT2D eigenvalue weighted by molar-refractivity contribution is 5.83. The van der Waals surface area contributed by atoms with Crippen molar-refractivity contribution in [1.29, 1.82) is 0 Å². The van der Waals surface area contributed by atoms with Crippen LogP contribution < -0.4 is 0 Å². The highest BCUT2D eigenvalue weighted by Gasteiger charge is 2.93. The molecule has 0 aliphatic carbocycles. The van der Waals surface area contributed by atoms with E-state index in [0.29, 0.717) is 0 Å². The molecule has 0 saturated heterocycles. The van der Waals surface area contributed by atoms with Crippen molar-refractivity contribution >= 4 is 29.8 Å². The second-order valence-electron chi connectivity index (χ2n) is 10.6. The Morgan fingerprint density at radius 2 is 0.547 bits per heavy atom. The van der Waals surface area contributed by atoms with Gasteiger partial charge in [-0.2, -0.15) is 52.7 Å². The van der Waals surface area contributed by atoms with Crippen molar-refractivity contribution in [3.05, 3.63) is 75.9 Å². The number of ether oxygens (including phenoxy) is 5. The Balaban J connectivity index is 7.90. The van der Waals surface area contributed by atoms with Crippen molar-refractivity contribution in [2.45, 2.75) is 42.0 Å². The molecule has 22 heteroatoms. The molecule has 0 rings (SSSR count). The van der Waals surface area contributed by atoms with Crippen LogP contribution in [0.4, 0.5) is 52.7 Å². The van der Waals surface area contributed by atoms with Gasteiger partial charge in [0.05, 0.1) is 0 Å². The van der Waals surface area contributed by atoms with E-state index in [-0.39, 0.29) is 36.5 Å². The summed E-state index contributed by atoms with van der Waals surface area (Å²) in [5, 5.41) is 0. The lowest BCUT2D eigenvalue weighted by atomic mass is 9.72. The average molecular weight is 791 g/mol. The molecule has 0 atom stereocenters. The molecule has 0 aromatic rings. The maximum Gasteiger partial charge on any atom is 0.384 e. The molecule has 0 aromatic carbocycles. The summed E-state index contributed by atoms with van der Waals surface area (Å²) >= 11 is 0. The predicted octanol–water partition coefficient (Wildman–Crippen LogP) is 5.99. The second kappa shape index (κ2) is 17.6. The van der Waals surface area contributed by atoms with E-state index in [1.54, 1.807) is 0 Å². The first-order valence-electron chi connectivity index (χ1n) is 13.9. The topological polar surface area (TPSA) is 132 Å². The predicted molar refractivity (Wildman–Crippen MR) is 155 cm³/mol. The molecular weight excluding hydrogens is 760 g/mol. The maximum absolute atomic E-state index is 16.0. The largest absolute Gasteiger partial charge is 0.462 e. The highest BCUT2D eigenvalue weighted by Crippen LogP contribution is 2.65. The summed E-state index contributed by atoms with van der Waals surface area (Å²) in [6.07, 6.45) is -0.773. The molecule has 0 spiro atoms. The lowest BCUT2D eigenvalue weighted by molar-refractivity contribution is -0.446. The number of hydrogen-bond donors (Lipinski definition) is 0. The molecule has 53 heavy (non-hydrogen) atoms. The van der Waals surface area contributed by atoms with Crippen molar-refractivity contribution in [2.75, 3.05) is 33.0 Å². The van der Waals surface area contributed by atoms with Gasteiger partial charge in [0.25, 0.3) is 0 Å². The summed E-state index contributed by atoms with van der Waals surface area (Å²) < 4.78 is 208. The van der Waals surface area contributed by atoms with Crippen LogP contribution in [0.2, 0.25) is 0 Å². The number of esters is 5. The van der Waals surface area contributed by atoms with Gasteiger partial charge in [0.1, 0.15) is 43.9 Å². The van der Waals surface area contributed by atoms with Crippen LogP contribution >= 0.6 is 0 Å². The zero-order valence-electron chi connectivity index (χ0n) is 27.1. The lowest BCUT2D eigenvalue weighted by Gasteiger charge is -2.48. The van der Waals surface area contributed by atoms with E-state index in [0.717, 1.165) is 0 Å². The molecule has 0 amide bonds. The molecule has 0 unspecified atom stereocenters. The summed E-state index contributed by atoms with van der Waals surface area (Å²) in [7, 11) is 0. The van der Waals surface area contributed by atoms with Gasteiger partial charge in [-0.15, -0.1) is 6.58 Å². The Kier molecular flexibility index (Phi) is 16.0. The first-order valence-corrected chi connectivity index (χ1v) is 13.9. The van der Waals surface area contributed by atoms with Gasteiger partial charge in [0.15, 0.2) is 0 Å². The lowest BCUT2D eigenvalue weighted by Crippen LogP contribution is -2.76. The quantitative estimate of drug-likeness (QED) is 0.0378. The fourth-order valence-electron chi connectivity index (χ4n) is 3.94. The first kappa shape index (κ1) is 48.0. The average Bonchev–Trinajstić information content (AvgIpc) is 3.10. The van der Waals surface area contributed by atoms with Crippen LogP contribution in [0.25, 0.3) is 0 Å². The number of halogens is 12. The fraction of sp³-hybridized carbons (Fsp3) is 0.452. The van der Waals surface area contributed by atoms with Crippen LogP contribution in [0.15, 0.2) is 75.9 Å². The van der Waals surface area contributed by atoms with E-state index in [4.69, 9.17) is 0 Å². The molecular formula is C31H30F12O10. The van der Waals surface area contributed by atoms with Gasteiger partial charge in [0, 0.05) is 30.4 Å². The van der Waals surface area contributed by atoms with Crippen LogP contribution in [0, 0.1) is 10.8 Å². The zero-order valence-corrected chi connectivity index (χ0v) is 27.1. The first-order chi connectivity index (χ1) is 24.1. The van der Waals surface area contributed by atoms with Gasteiger partial charge >= 0.3 is 65.4 Å². The summed E-state index contributed by atoms with van der Waals surface area (Å²) in [4.78, 5) is 58.1. The summed E-state index contributed by atoms with van der Waals surface area (Å²) in [5.74, 6) is -55.6. The summed E-state index contributed by atoms with van der Waals surface area (Å²) in [5.41, 5.74) is -8.93. The Morgan fingerprint density at radius 3 is 0.755 bits per heavy atom. The van der Waals surface area contributed by atoms with Gasteiger partial charge in [-0.3, -0.25) is 0 Å². The molecule has 298 valence electrons. The van der Waals surface area contributed by atoms with E-state index < -0.39 is 116 Å². The number of hydrogen-bond acceptors (Lipinski definition) is 10. The molecule has 10 nitrogen and oxygen atoms in total. The number of carbonyl (C=O) groups excluding carboxylic acids is 5. The maximum atomic E-state index is 16.0.